The predicted octanol–water partition coefficient (Wildman–Crippen LogP) is 3.35. The molecule has 0 aromatic carbocycles. The molecule has 0 aliphatic rings. The van der Waals surface area contributed by atoms with Crippen molar-refractivity contribution in [2.24, 2.45) is 0 Å². The molecular formula is C14H19BrN4S. The average Bonchev–Trinajstić information content (AvgIpc) is 2.81. The number of rotatable bonds is 6. The standard InChI is InChI=1S/C14H19BrN4S/c1-4-16-6-11-5-12(15)7-17-14(11)19(3)8-13-9-20-10(2)18-13/h5,7,9,16H,4,6,8H2,1-3H3. The molecule has 0 amide bonds. The number of halogens is 1. The summed E-state index contributed by atoms with van der Waals surface area (Å²) in [6, 6.07) is 2.12. The molecule has 0 bridgehead atoms. The number of hydrogen-bond acceptors (Lipinski definition) is 5. The van der Waals surface area contributed by atoms with E-state index in [9.17, 15) is 0 Å². The first-order valence-electron chi connectivity index (χ1n) is 6.57. The van der Waals surface area contributed by atoms with Gasteiger partial charge in [-0.25, -0.2) is 9.97 Å². The molecule has 0 aliphatic heterocycles. The fraction of sp³-hybridized carbons (Fsp3) is 0.429. The van der Waals surface area contributed by atoms with Gasteiger partial charge in [-0.3, -0.25) is 0 Å². The lowest BCUT2D eigenvalue weighted by Gasteiger charge is -2.20. The predicted molar refractivity (Wildman–Crippen MR) is 88.3 cm³/mol. The molecule has 20 heavy (non-hydrogen) atoms. The summed E-state index contributed by atoms with van der Waals surface area (Å²) in [6.07, 6.45) is 1.84. The van der Waals surface area contributed by atoms with Gasteiger partial charge in [0.1, 0.15) is 5.82 Å². The molecular weight excluding hydrogens is 336 g/mol. The zero-order valence-electron chi connectivity index (χ0n) is 12.0. The molecule has 108 valence electrons. The maximum atomic E-state index is 4.55. The number of nitrogens with one attached hydrogen (secondary N) is 1. The van der Waals surface area contributed by atoms with Crippen LogP contribution in [0.4, 0.5) is 5.82 Å². The highest BCUT2D eigenvalue weighted by Crippen LogP contribution is 2.22. The normalized spacial score (nSPS) is 10.8. The van der Waals surface area contributed by atoms with Crippen LogP contribution in [-0.2, 0) is 13.1 Å². The fourth-order valence-corrected chi connectivity index (χ4v) is 2.99. The summed E-state index contributed by atoms with van der Waals surface area (Å²) in [4.78, 5) is 11.2. The van der Waals surface area contributed by atoms with E-state index in [4.69, 9.17) is 0 Å². The molecule has 0 unspecified atom stereocenters. The van der Waals surface area contributed by atoms with Crippen LogP contribution in [0.3, 0.4) is 0 Å². The van der Waals surface area contributed by atoms with Crippen LogP contribution >= 0.6 is 27.3 Å². The molecule has 0 atom stereocenters. The van der Waals surface area contributed by atoms with Gasteiger partial charge < -0.3 is 10.2 Å². The summed E-state index contributed by atoms with van der Waals surface area (Å²) in [5, 5.41) is 6.56. The number of thiazole rings is 1. The number of aryl methyl sites for hydroxylation is 1. The van der Waals surface area contributed by atoms with Crippen molar-refractivity contribution in [3.63, 3.8) is 0 Å². The van der Waals surface area contributed by atoms with Gasteiger partial charge in [-0.2, -0.15) is 0 Å². The molecule has 2 rings (SSSR count). The second kappa shape index (κ2) is 7.15. The Balaban J connectivity index is 2.17. The zero-order chi connectivity index (χ0) is 14.5. The summed E-state index contributed by atoms with van der Waals surface area (Å²) in [5.41, 5.74) is 2.28. The van der Waals surface area contributed by atoms with E-state index in [1.54, 1.807) is 11.3 Å². The van der Waals surface area contributed by atoms with Crippen LogP contribution in [0.15, 0.2) is 22.1 Å². The van der Waals surface area contributed by atoms with Gasteiger partial charge in [-0.1, -0.05) is 6.92 Å². The van der Waals surface area contributed by atoms with Crippen LogP contribution < -0.4 is 10.2 Å². The number of nitrogens with zero attached hydrogens (tertiary/aromatic N) is 3. The van der Waals surface area contributed by atoms with Crippen molar-refractivity contribution in [2.45, 2.75) is 26.9 Å². The van der Waals surface area contributed by atoms with Crippen molar-refractivity contribution in [3.8, 4) is 0 Å². The van der Waals surface area contributed by atoms with Crippen LogP contribution in [0, 0.1) is 6.92 Å². The van der Waals surface area contributed by atoms with Gasteiger partial charge in [0.15, 0.2) is 0 Å². The quantitative estimate of drug-likeness (QED) is 0.863. The lowest BCUT2D eigenvalue weighted by Crippen LogP contribution is -2.22. The van der Waals surface area contributed by atoms with Crippen LogP contribution in [0.25, 0.3) is 0 Å². The SMILES string of the molecule is CCNCc1cc(Br)cnc1N(C)Cc1csc(C)n1. The third-order valence-electron chi connectivity index (χ3n) is 2.90. The largest absolute Gasteiger partial charge is 0.353 e. The summed E-state index contributed by atoms with van der Waals surface area (Å²) in [5.74, 6) is 1.000. The Kier molecular flexibility index (Phi) is 5.51. The van der Waals surface area contributed by atoms with Gasteiger partial charge in [-0.15, -0.1) is 11.3 Å². The molecule has 6 heteroatoms. The van der Waals surface area contributed by atoms with Gasteiger partial charge in [0.25, 0.3) is 0 Å². The molecule has 0 fully saturated rings. The zero-order valence-corrected chi connectivity index (χ0v) is 14.4. The van der Waals surface area contributed by atoms with Crippen molar-refractivity contribution in [1.29, 1.82) is 0 Å². The van der Waals surface area contributed by atoms with E-state index < -0.39 is 0 Å². The van der Waals surface area contributed by atoms with Crippen molar-refractivity contribution in [1.82, 2.24) is 15.3 Å². The second-order valence-electron chi connectivity index (χ2n) is 4.63. The lowest BCUT2D eigenvalue weighted by molar-refractivity contribution is 0.718. The number of aromatic nitrogens is 2. The highest BCUT2D eigenvalue weighted by Gasteiger charge is 2.11. The molecule has 1 N–H and O–H groups in total. The van der Waals surface area contributed by atoms with E-state index >= 15 is 0 Å². The molecule has 2 aromatic rings. The molecule has 4 nitrogen and oxygen atoms in total. The van der Waals surface area contributed by atoms with Gasteiger partial charge in [0.2, 0.25) is 0 Å². The van der Waals surface area contributed by atoms with E-state index in [2.05, 4.69) is 61.5 Å². The van der Waals surface area contributed by atoms with E-state index in [-0.39, 0.29) is 0 Å². The topological polar surface area (TPSA) is 41.1 Å². The molecule has 2 heterocycles. The minimum absolute atomic E-state index is 0.776. The van der Waals surface area contributed by atoms with Gasteiger partial charge in [0.05, 0.1) is 17.2 Å². The smallest absolute Gasteiger partial charge is 0.133 e. The Hall–Kier alpha value is -0.980. The second-order valence-corrected chi connectivity index (χ2v) is 6.61. The van der Waals surface area contributed by atoms with Crippen LogP contribution in [0.1, 0.15) is 23.2 Å². The van der Waals surface area contributed by atoms with Crippen molar-refractivity contribution < 1.29 is 0 Å². The molecule has 0 aliphatic carbocycles. The average molecular weight is 355 g/mol. The van der Waals surface area contributed by atoms with Gasteiger partial charge >= 0.3 is 0 Å². The van der Waals surface area contributed by atoms with Crippen LogP contribution in [0.5, 0.6) is 0 Å². The summed E-state index contributed by atoms with van der Waals surface area (Å²) in [7, 11) is 2.06. The van der Waals surface area contributed by atoms with Gasteiger partial charge in [0, 0.05) is 35.2 Å². The summed E-state index contributed by atoms with van der Waals surface area (Å²) < 4.78 is 1.01. The van der Waals surface area contributed by atoms with E-state index in [0.717, 1.165) is 40.6 Å². The van der Waals surface area contributed by atoms with Crippen LogP contribution in [-0.4, -0.2) is 23.6 Å². The molecule has 0 spiro atoms. The van der Waals surface area contributed by atoms with Crippen molar-refractivity contribution in [3.05, 3.63) is 38.4 Å². The van der Waals surface area contributed by atoms with Crippen molar-refractivity contribution >= 4 is 33.1 Å². The molecule has 0 radical (unpaired) electrons. The van der Waals surface area contributed by atoms with Crippen LogP contribution in [0.2, 0.25) is 0 Å². The third kappa shape index (κ3) is 4.01. The Morgan fingerprint density at radius 3 is 2.90 bits per heavy atom. The fourth-order valence-electron chi connectivity index (χ4n) is 2.01. The summed E-state index contributed by atoms with van der Waals surface area (Å²) in [6.45, 7) is 6.67. The monoisotopic (exact) mass is 354 g/mol. The Bertz CT molecular complexity index is 570. The Morgan fingerprint density at radius 2 is 2.25 bits per heavy atom. The first kappa shape index (κ1) is 15.4. The highest BCUT2D eigenvalue weighted by molar-refractivity contribution is 9.10. The molecule has 0 saturated heterocycles. The van der Waals surface area contributed by atoms with Gasteiger partial charge in [-0.05, 0) is 35.5 Å². The van der Waals surface area contributed by atoms with E-state index in [1.165, 1.54) is 5.56 Å². The molecule has 2 aromatic heterocycles. The maximum absolute atomic E-state index is 4.55. The number of hydrogen-bond donors (Lipinski definition) is 1. The Labute approximate surface area is 132 Å². The lowest BCUT2D eigenvalue weighted by atomic mass is 10.2. The number of pyridine rings is 1. The molecule has 0 saturated carbocycles. The highest BCUT2D eigenvalue weighted by atomic mass is 79.9. The minimum atomic E-state index is 0.776. The Morgan fingerprint density at radius 1 is 1.45 bits per heavy atom. The third-order valence-corrected chi connectivity index (χ3v) is 4.16. The van der Waals surface area contributed by atoms with E-state index in [0.29, 0.717) is 0 Å². The summed E-state index contributed by atoms with van der Waals surface area (Å²) >= 11 is 5.17. The maximum Gasteiger partial charge on any atom is 0.133 e. The first-order chi connectivity index (χ1) is 9.60. The van der Waals surface area contributed by atoms with E-state index in [1.807, 2.05) is 13.1 Å². The van der Waals surface area contributed by atoms with Crippen molar-refractivity contribution in [2.75, 3.05) is 18.5 Å². The first-order valence-corrected chi connectivity index (χ1v) is 8.24. The minimum Gasteiger partial charge on any atom is -0.353 e. The number of anilines is 1.